The van der Waals surface area contributed by atoms with Crippen LogP contribution in [-0.2, 0) is 14.3 Å². The largest absolute Gasteiger partial charge is 0.462 e. The van der Waals surface area contributed by atoms with E-state index < -0.39 is 22.4 Å². The maximum atomic E-state index is 11.9. The van der Waals surface area contributed by atoms with E-state index in [1.54, 1.807) is 13.0 Å². The quantitative estimate of drug-likeness (QED) is 0.294. The van der Waals surface area contributed by atoms with Gasteiger partial charge in [-0.05, 0) is 13.0 Å². The first-order chi connectivity index (χ1) is 9.99. The molecule has 0 saturated heterocycles. The number of non-ortho nitro benzene ring substituents is 1. The van der Waals surface area contributed by atoms with Gasteiger partial charge in [0, 0.05) is 23.4 Å². The Kier molecular flexibility index (Phi) is 3.67. The number of hydrogen-bond acceptors (Lipinski definition) is 6. The number of rotatable bonds is 3. The molecule has 1 aromatic rings. The Morgan fingerprint density at radius 1 is 1.52 bits per heavy atom. The molecule has 0 atom stereocenters. The predicted octanol–water partition coefficient (Wildman–Crippen LogP) is 1.39. The summed E-state index contributed by atoms with van der Waals surface area (Å²) < 4.78 is 4.72. The number of carbonyl (C=O) groups excluding carboxylic acids is 2. The third-order valence-electron chi connectivity index (χ3n) is 2.80. The third kappa shape index (κ3) is 2.44. The number of nitro benzene ring substituents is 1. The van der Waals surface area contributed by atoms with Crippen LogP contribution in [0.15, 0.2) is 23.8 Å². The molecule has 8 heteroatoms. The van der Waals surface area contributed by atoms with Gasteiger partial charge in [-0.25, -0.2) is 4.79 Å². The second kappa shape index (κ2) is 5.42. The number of carbonyl (C=O) groups is 2. The summed E-state index contributed by atoms with van der Waals surface area (Å²) in [5.41, 5.74) is -0.497. The van der Waals surface area contributed by atoms with Gasteiger partial charge in [0.25, 0.3) is 11.6 Å². The molecule has 2 rings (SSSR count). The highest BCUT2D eigenvalue weighted by atomic mass is 16.6. The Morgan fingerprint density at radius 2 is 2.24 bits per heavy atom. The molecule has 0 unspecified atom stereocenters. The fourth-order valence-corrected chi connectivity index (χ4v) is 1.92. The van der Waals surface area contributed by atoms with E-state index in [0.29, 0.717) is 5.69 Å². The molecule has 1 amide bonds. The van der Waals surface area contributed by atoms with E-state index in [4.69, 9.17) is 10.00 Å². The Balaban J connectivity index is 2.64. The number of nitrogens with one attached hydrogen (secondary N) is 1. The highest BCUT2D eigenvalue weighted by Crippen LogP contribution is 2.36. The molecule has 0 aliphatic carbocycles. The van der Waals surface area contributed by atoms with Crippen molar-refractivity contribution in [3.63, 3.8) is 0 Å². The second-order valence-corrected chi connectivity index (χ2v) is 4.02. The van der Waals surface area contributed by atoms with Crippen molar-refractivity contribution in [2.24, 2.45) is 0 Å². The summed E-state index contributed by atoms with van der Waals surface area (Å²) in [4.78, 5) is 33.8. The maximum Gasteiger partial charge on any atom is 0.349 e. The molecule has 1 aliphatic heterocycles. The standard InChI is InChI=1S/C13H9N3O5/c1-2-21-13(18)9(6-14)11-8-5-7(16(19)20)3-4-10(8)15-12(11)17/h3-5H,2H2,1H3,(H,15,17)/b11-9+. The van der Waals surface area contributed by atoms with Gasteiger partial charge in [-0.1, -0.05) is 0 Å². The number of nitro groups is 1. The summed E-state index contributed by atoms with van der Waals surface area (Å²) in [7, 11) is 0. The SMILES string of the molecule is CCOC(=O)/C(C#N)=C1/C(=O)Nc2ccc([N+](=O)[O-])cc21. The molecule has 0 fully saturated rings. The molecule has 21 heavy (non-hydrogen) atoms. The molecule has 0 radical (unpaired) electrons. The lowest BCUT2D eigenvalue weighted by molar-refractivity contribution is -0.384. The summed E-state index contributed by atoms with van der Waals surface area (Å²) in [5, 5.41) is 22.3. The lowest BCUT2D eigenvalue weighted by Gasteiger charge is -2.03. The van der Waals surface area contributed by atoms with E-state index in [-0.39, 0.29) is 23.4 Å². The Bertz CT molecular complexity index is 730. The number of nitrogens with zero attached hydrogens (tertiary/aromatic N) is 2. The van der Waals surface area contributed by atoms with Crippen molar-refractivity contribution in [2.45, 2.75) is 6.92 Å². The zero-order valence-corrected chi connectivity index (χ0v) is 10.9. The molecular formula is C13H9N3O5. The number of ether oxygens (including phenoxy) is 1. The van der Waals surface area contributed by atoms with E-state index in [1.165, 1.54) is 12.1 Å². The molecule has 106 valence electrons. The van der Waals surface area contributed by atoms with Crippen LogP contribution in [0, 0.1) is 21.4 Å². The van der Waals surface area contributed by atoms with Crippen LogP contribution in [0.25, 0.3) is 5.57 Å². The number of fused-ring (bicyclic) bond motifs is 1. The first-order valence-electron chi connectivity index (χ1n) is 5.91. The van der Waals surface area contributed by atoms with Gasteiger partial charge in [0.15, 0.2) is 5.57 Å². The highest BCUT2D eigenvalue weighted by molar-refractivity contribution is 6.36. The van der Waals surface area contributed by atoms with Gasteiger partial charge >= 0.3 is 5.97 Å². The molecule has 0 bridgehead atoms. The number of esters is 1. The molecular weight excluding hydrogens is 278 g/mol. The fraction of sp³-hybridized carbons (Fsp3) is 0.154. The van der Waals surface area contributed by atoms with E-state index in [1.807, 2.05) is 0 Å². The van der Waals surface area contributed by atoms with Crippen LogP contribution < -0.4 is 5.32 Å². The van der Waals surface area contributed by atoms with Crippen LogP contribution in [0.4, 0.5) is 11.4 Å². The average molecular weight is 287 g/mol. The number of nitriles is 1. The minimum absolute atomic E-state index is 0.0424. The van der Waals surface area contributed by atoms with Crippen molar-refractivity contribution >= 4 is 28.8 Å². The van der Waals surface area contributed by atoms with Gasteiger partial charge in [-0.2, -0.15) is 5.26 Å². The molecule has 1 N–H and O–H groups in total. The number of hydrogen-bond donors (Lipinski definition) is 1. The average Bonchev–Trinajstić information content (AvgIpc) is 2.76. The van der Waals surface area contributed by atoms with Crippen LogP contribution in [0.2, 0.25) is 0 Å². The summed E-state index contributed by atoms with van der Waals surface area (Å²) in [6.45, 7) is 1.60. The predicted molar refractivity (Wildman–Crippen MR) is 70.9 cm³/mol. The highest BCUT2D eigenvalue weighted by Gasteiger charge is 2.32. The number of benzene rings is 1. The van der Waals surface area contributed by atoms with Crippen molar-refractivity contribution in [1.29, 1.82) is 5.26 Å². The monoisotopic (exact) mass is 287 g/mol. The minimum atomic E-state index is -0.940. The first kappa shape index (κ1) is 14.2. The van der Waals surface area contributed by atoms with Crippen molar-refractivity contribution < 1.29 is 19.2 Å². The van der Waals surface area contributed by atoms with Gasteiger partial charge in [-0.15, -0.1) is 0 Å². The van der Waals surface area contributed by atoms with Gasteiger partial charge in [0.05, 0.1) is 17.1 Å². The van der Waals surface area contributed by atoms with Crippen LogP contribution >= 0.6 is 0 Å². The van der Waals surface area contributed by atoms with Crippen LogP contribution in [0.5, 0.6) is 0 Å². The van der Waals surface area contributed by atoms with Gasteiger partial charge in [0.2, 0.25) is 0 Å². The topological polar surface area (TPSA) is 122 Å². The summed E-state index contributed by atoms with van der Waals surface area (Å²) >= 11 is 0. The molecule has 1 heterocycles. The van der Waals surface area contributed by atoms with Crippen LogP contribution in [0.1, 0.15) is 12.5 Å². The smallest absolute Gasteiger partial charge is 0.349 e. The van der Waals surface area contributed by atoms with Gasteiger partial charge in [-0.3, -0.25) is 14.9 Å². The van der Waals surface area contributed by atoms with Crippen molar-refractivity contribution in [3.05, 3.63) is 39.4 Å². The normalized spacial score (nSPS) is 14.8. The van der Waals surface area contributed by atoms with Crippen LogP contribution in [-0.4, -0.2) is 23.4 Å². The third-order valence-corrected chi connectivity index (χ3v) is 2.80. The Hall–Kier alpha value is -3.21. The second-order valence-electron chi connectivity index (χ2n) is 4.02. The zero-order chi connectivity index (χ0) is 15.6. The molecule has 1 aliphatic rings. The molecule has 0 saturated carbocycles. The van der Waals surface area contributed by atoms with Crippen molar-refractivity contribution in [1.82, 2.24) is 0 Å². The Labute approximate surface area is 118 Å². The summed E-state index contributed by atoms with van der Waals surface area (Å²) in [6.07, 6.45) is 0. The zero-order valence-electron chi connectivity index (χ0n) is 10.9. The van der Waals surface area contributed by atoms with E-state index >= 15 is 0 Å². The summed E-state index contributed by atoms with van der Waals surface area (Å²) in [6, 6.07) is 5.33. The van der Waals surface area contributed by atoms with Crippen LogP contribution in [0.3, 0.4) is 0 Å². The Morgan fingerprint density at radius 3 is 2.81 bits per heavy atom. The van der Waals surface area contributed by atoms with E-state index in [9.17, 15) is 19.7 Å². The van der Waals surface area contributed by atoms with E-state index in [2.05, 4.69) is 5.32 Å². The van der Waals surface area contributed by atoms with Gasteiger partial charge in [0.1, 0.15) is 6.07 Å². The van der Waals surface area contributed by atoms with Crippen molar-refractivity contribution in [3.8, 4) is 6.07 Å². The molecule has 8 nitrogen and oxygen atoms in total. The van der Waals surface area contributed by atoms with E-state index in [0.717, 1.165) is 6.07 Å². The summed E-state index contributed by atoms with van der Waals surface area (Å²) in [5.74, 6) is -1.61. The minimum Gasteiger partial charge on any atom is -0.462 e. The van der Waals surface area contributed by atoms with Gasteiger partial charge < -0.3 is 10.1 Å². The molecule has 1 aromatic carbocycles. The lowest BCUT2D eigenvalue weighted by Crippen LogP contribution is -2.13. The molecule has 0 spiro atoms. The number of amides is 1. The van der Waals surface area contributed by atoms with Crippen molar-refractivity contribution in [2.75, 3.05) is 11.9 Å². The first-order valence-corrected chi connectivity index (χ1v) is 5.91. The number of anilines is 1. The fourth-order valence-electron chi connectivity index (χ4n) is 1.92. The lowest BCUT2D eigenvalue weighted by atomic mass is 10.0. The maximum absolute atomic E-state index is 11.9. The molecule has 0 aromatic heterocycles.